The van der Waals surface area contributed by atoms with E-state index in [2.05, 4.69) is 10.3 Å². The van der Waals surface area contributed by atoms with Crippen LogP contribution in [0.1, 0.15) is 12.8 Å². The smallest absolute Gasteiger partial charge is 0.225 e. The monoisotopic (exact) mass is 206 g/mol. The molecule has 0 atom stereocenters. The molecular weight excluding hydrogens is 192 g/mol. The lowest BCUT2D eigenvalue weighted by Gasteiger charge is -2.39. The molecule has 1 aromatic rings. The van der Waals surface area contributed by atoms with Gasteiger partial charge in [-0.05, 0) is 12.8 Å². The van der Waals surface area contributed by atoms with Crippen LogP contribution in [0, 0.1) is 11.8 Å². The van der Waals surface area contributed by atoms with Gasteiger partial charge in [0.2, 0.25) is 5.91 Å². The highest BCUT2D eigenvalue weighted by Crippen LogP contribution is 2.33. The zero-order valence-electron chi connectivity index (χ0n) is 8.54. The molecule has 5 nitrogen and oxygen atoms in total. The molecule has 80 valence electrons. The normalized spacial score (nSPS) is 21.5. The molecular formula is C10H14N4O. The molecule has 15 heavy (non-hydrogen) atoms. The predicted octanol–water partition coefficient (Wildman–Crippen LogP) is 0.146. The summed E-state index contributed by atoms with van der Waals surface area (Å²) in [6, 6.07) is 0. The topological polar surface area (TPSA) is 51.0 Å². The summed E-state index contributed by atoms with van der Waals surface area (Å²) < 4.78 is 1.84. The zero-order valence-corrected chi connectivity index (χ0v) is 8.54. The number of amides is 1. The molecule has 1 amide bonds. The summed E-state index contributed by atoms with van der Waals surface area (Å²) in [7, 11) is 0. The van der Waals surface area contributed by atoms with Crippen molar-refractivity contribution in [1.29, 1.82) is 0 Å². The largest absolute Gasteiger partial charge is 0.342 e. The molecule has 3 rings (SSSR count). The molecule has 0 N–H and O–H groups in total. The van der Waals surface area contributed by atoms with E-state index in [1.54, 1.807) is 6.20 Å². The Balaban J connectivity index is 1.47. The standard InChI is InChI=1S/C10H14N4O/c15-10(9-1-2-9)13-5-8(6-13)7-14-4-3-11-12-14/h3-4,8-9H,1-2,5-7H2. The van der Waals surface area contributed by atoms with Crippen LogP contribution in [0.15, 0.2) is 12.4 Å². The van der Waals surface area contributed by atoms with Crippen molar-refractivity contribution in [3.8, 4) is 0 Å². The van der Waals surface area contributed by atoms with Gasteiger partial charge in [-0.3, -0.25) is 9.48 Å². The lowest BCUT2D eigenvalue weighted by atomic mass is 9.99. The van der Waals surface area contributed by atoms with Crippen LogP contribution < -0.4 is 0 Å². The lowest BCUT2D eigenvalue weighted by molar-refractivity contribution is -0.139. The lowest BCUT2D eigenvalue weighted by Crippen LogP contribution is -2.52. The van der Waals surface area contributed by atoms with Crippen LogP contribution >= 0.6 is 0 Å². The van der Waals surface area contributed by atoms with Crippen molar-refractivity contribution >= 4 is 5.91 Å². The highest BCUT2D eigenvalue weighted by atomic mass is 16.2. The second-order valence-corrected chi connectivity index (χ2v) is 4.51. The highest BCUT2D eigenvalue weighted by molar-refractivity contribution is 5.81. The van der Waals surface area contributed by atoms with Crippen molar-refractivity contribution < 1.29 is 4.79 Å². The van der Waals surface area contributed by atoms with Crippen molar-refractivity contribution in [3.63, 3.8) is 0 Å². The molecule has 0 spiro atoms. The summed E-state index contributed by atoms with van der Waals surface area (Å²) in [4.78, 5) is 13.6. The average Bonchev–Trinajstić information content (AvgIpc) is 2.89. The molecule has 1 aliphatic carbocycles. The van der Waals surface area contributed by atoms with Crippen LogP contribution in [0.25, 0.3) is 0 Å². The third kappa shape index (κ3) is 1.73. The van der Waals surface area contributed by atoms with Crippen molar-refractivity contribution in [1.82, 2.24) is 19.9 Å². The molecule has 1 saturated heterocycles. The summed E-state index contributed by atoms with van der Waals surface area (Å²) in [5.41, 5.74) is 0. The number of carbonyl (C=O) groups excluding carboxylic acids is 1. The van der Waals surface area contributed by atoms with E-state index in [9.17, 15) is 4.79 Å². The molecule has 0 bridgehead atoms. The fourth-order valence-electron chi connectivity index (χ4n) is 2.05. The van der Waals surface area contributed by atoms with Crippen LogP contribution in [0.5, 0.6) is 0 Å². The Morgan fingerprint density at radius 3 is 2.80 bits per heavy atom. The second-order valence-electron chi connectivity index (χ2n) is 4.51. The van der Waals surface area contributed by atoms with Crippen molar-refractivity contribution in [2.45, 2.75) is 19.4 Å². The van der Waals surface area contributed by atoms with E-state index < -0.39 is 0 Å². The van der Waals surface area contributed by atoms with Gasteiger partial charge in [-0.25, -0.2) is 0 Å². The Kier molecular flexibility index (Phi) is 1.97. The zero-order chi connectivity index (χ0) is 10.3. The average molecular weight is 206 g/mol. The first-order valence-corrected chi connectivity index (χ1v) is 5.46. The van der Waals surface area contributed by atoms with Gasteiger partial charge in [-0.2, -0.15) is 0 Å². The minimum Gasteiger partial charge on any atom is -0.342 e. The van der Waals surface area contributed by atoms with E-state index in [0.717, 1.165) is 32.5 Å². The van der Waals surface area contributed by atoms with E-state index in [0.29, 0.717) is 17.7 Å². The minimum absolute atomic E-state index is 0.359. The predicted molar refractivity (Wildman–Crippen MR) is 52.8 cm³/mol. The summed E-state index contributed by atoms with van der Waals surface area (Å²) >= 11 is 0. The van der Waals surface area contributed by atoms with E-state index in [4.69, 9.17) is 0 Å². The first-order chi connectivity index (χ1) is 7.33. The molecule has 0 radical (unpaired) electrons. The van der Waals surface area contributed by atoms with Gasteiger partial charge in [0.1, 0.15) is 0 Å². The third-order valence-electron chi connectivity index (χ3n) is 3.11. The molecule has 2 fully saturated rings. The summed E-state index contributed by atoms with van der Waals surface area (Å²) in [5.74, 6) is 1.29. The van der Waals surface area contributed by atoms with Crippen LogP contribution in [0.2, 0.25) is 0 Å². The highest BCUT2D eigenvalue weighted by Gasteiger charge is 2.39. The van der Waals surface area contributed by atoms with Gasteiger partial charge in [0.05, 0.1) is 6.20 Å². The maximum absolute atomic E-state index is 11.6. The molecule has 1 saturated carbocycles. The van der Waals surface area contributed by atoms with E-state index in [1.165, 1.54) is 0 Å². The van der Waals surface area contributed by atoms with Gasteiger partial charge in [-0.15, -0.1) is 5.10 Å². The van der Waals surface area contributed by atoms with E-state index in [1.807, 2.05) is 15.8 Å². The van der Waals surface area contributed by atoms with Crippen LogP contribution in [0.4, 0.5) is 0 Å². The summed E-state index contributed by atoms with van der Waals surface area (Å²) in [6.07, 6.45) is 5.75. The number of likely N-dealkylation sites (tertiary alicyclic amines) is 1. The van der Waals surface area contributed by atoms with Crippen LogP contribution in [-0.2, 0) is 11.3 Å². The molecule has 5 heteroatoms. The number of aromatic nitrogens is 3. The Morgan fingerprint density at radius 2 is 2.20 bits per heavy atom. The maximum atomic E-state index is 11.6. The van der Waals surface area contributed by atoms with Gasteiger partial charge in [0, 0.05) is 37.7 Å². The Hall–Kier alpha value is -1.39. The Morgan fingerprint density at radius 1 is 1.40 bits per heavy atom. The van der Waals surface area contributed by atoms with Gasteiger partial charge in [-0.1, -0.05) is 5.21 Å². The first-order valence-electron chi connectivity index (χ1n) is 5.46. The molecule has 1 aromatic heterocycles. The van der Waals surface area contributed by atoms with E-state index in [-0.39, 0.29) is 0 Å². The SMILES string of the molecule is O=C(C1CC1)N1CC(Cn2ccnn2)C1. The number of hydrogen-bond donors (Lipinski definition) is 0. The van der Waals surface area contributed by atoms with Crippen molar-refractivity contribution in [3.05, 3.63) is 12.4 Å². The fraction of sp³-hybridized carbons (Fsp3) is 0.700. The third-order valence-corrected chi connectivity index (χ3v) is 3.11. The Bertz CT molecular complexity index is 352. The second kappa shape index (κ2) is 3.32. The minimum atomic E-state index is 0.359. The maximum Gasteiger partial charge on any atom is 0.225 e. The van der Waals surface area contributed by atoms with Crippen LogP contribution in [-0.4, -0.2) is 38.9 Å². The molecule has 0 unspecified atom stereocenters. The molecule has 1 aliphatic heterocycles. The molecule has 2 heterocycles. The van der Waals surface area contributed by atoms with Crippen molar-refractivity contribution in [2.75, 3.05) is 13.1 Å². The number of hydrogen-bond acceptors (Lipinski definition) is 3. The van der Waals surface area contributed by atoms with Gasteiger partial charge < -0.3 is 4.90 Å². The first kappa shape index (κ1) is 8.88. The van der Waals surface area contributed by atoms with Crippen molar-refractivity contribution in [2.24, 2.45) is 11.8 Å². The van der Waals surface area contributed by atoms with Gasteiger partial charge in [0.25, 0.3) is 0 Å². The van der Waals surface area contributed by atoms with Gasteiger partial charge in [0.15, 0.2) is 0 Å². The fourth-order valence-corrected chi connectivity index (χ4v) is 2.05. The van der Waals surface area contributed by atoms with Gasteiger partial charge >= 0.3 is 0 Å². The Labute approximate surface area is 88.1 Å². The molecule has 2 aliphatic rings. The number of nitrogens with zero attached hydrogens (tertiary/aromatic N) is 4. The number of rotatable bonds is 3. The van der Waals surface area contributed by atoms with E-state index >= 15 is 0 Å². The molecule has 0 aromatic carbocycles. The summed E-state index contributed by atoms with van der Waals surface area (Å²) in [5, 5.41) is 7.68. The van der Waals surface area contributed by atoms with Crippen LogP contribution in [0.3, 0.4) is 0 Å². The number of carbonyl (C=O) groups is 1. The summed E-state index contributed by atoms with van der Waals surface area (Å²) in [6.45, 7) is 2.68. The quantitative estimate of drug-likeness (QED) is 0.707.